The Morgan fingerprint density at radius 3 is 3.00 bits per heavy atom. The van der Waals surface area contributed by atoms with Gasteiger partial charge in [-0.05, 0) is 44.4 Å². The van der Waals surface area contributed by atoms with Crippen molar-refractivity contribution < 1.29 is 13.9 Å². The third-order valence-electron chi connectivity index (χ3n) is 3.42. The van der Waals surface area contributed by atoms with Crippen LogP contribution in [0.15, 0.2) is 18.2 Å². The quantitative estimate of drug-likeness (QED) is 0.841. The minimum atomic E-state index is -0.441. The van der Waals surface area contributed by atoms with E-state index in [0.717, 1.165) is 18.4 Å². The molecule has 1 aromatic rings. The maximum absolute atomic E-state index is 13.8. The van der Waals surface area contributed by atoms with Crippen LogP contribution in [0, 0.1) is 12.7 Å². The maximum atomic E-state index is 13.8. The van der Waals surface area contributed by atoms with Crippen molar-refractivity contribution in [1.82, 2.24) is 4.90 Å². The van der Waals surface area contributed by atoms with Gasteiger partial charge in [0.1, 0.15) is 5.82 Å². The molecule has 2 rings (SSSR count). The highest BCUT2D eigenvalue weighted by Gasteiger charge is 2.26. The summed E-state index contributed by atoms with van der Waals surface area (Å²) in [5.41, 5.74) is 0.975. The number of amides is 1. The Morgan fingerprint density at radius 2 is 2.32 bits per heavy atom. The van der Waals surface area contributed by atoms with Crippen LogP contribution in [-0.2, 0) is 4.74 Å². The zero-order valence-electron chi connectivity index (χ0n) is 11.5. The van der Waals surface area contributed by atoms with Gasteiger partial charge in [0.05, 0.1) is 11.7 Å². The zero-order valence-corrected chi connectivity index (χ0v) is 11.5. The summed E-state index contributed by atoms with van der Waals surface area (Å²) in [6.45, 7) is 5.63. The molecule has 1 unspecified atom stereocenters. The van der Waals surface area contributed by atoms with Crippen LogP contribution in [-0.4, -0.2) is 36.6 Å². The Labute approximate surface area is 113 Å². The molecule has 1 amide bonds. The van der Waals surface area contributed by atoms with Gasteiger partial charge >= 0.3 is 0 Å². The third-order valence-corrected chi connectivity index (χ3v) is 3.42. The molecule has 104 valence electrons. The highest BCUT2D eigenvalue weighted by Crippen LogP contribution is 2.18. The predicted molar refractivity (Wildman–Crippen MR) is 71.7 cm³/mol. The third kappa shape index (κ3) is 3.32. The normalized spacial score (nSPS) is 19.5. The first kappa shape index (κ1) is 14.0. The first-order valence-electron chi connectivity index (χ1n) is 6.79. The van der Waals surface area contributed by atoms with Crippen LogP contribution >= 0.6 is 0 Å². The molecule has 1 aromatic carbocycles. The summed E-state index contributed by atoms with van der Waals surface area (Å²) in [5.74, 6) is -0.676. The van der Waals surface area contributed by atoms with E-state index in [2.05, 4.69) is 0 Å². The lowest BCUT2D eigenvalue weighted by Crippen LogP contribution is -2.43. The molecule has 1 atom stereocenters. The summed E-state index contributed by atoms with van der Waals surface area (Å²) >= 11 is 0. The molecule has 3 nitrogen and oxygen atoms in total. The van der Waals surface area contributed by atoms with Crippen LogP contribution in [0.5, 0.6) is 0 Å². The molecule has 0 saturated carbocycles. The summed E-state index contributed by atoms with van der Waals surface area (Å²) in [6.07, 6.45) is 1.95. The second kappa shape index (κ2) is 6.15. The van der Waals surface area contributed by atoms with Gasteiger partial charge in [-0.1, -0.05) is 6.07 Å². The predicted octanol–water partition coefficient (Wildman–Crippen LogP) is 2.78. The molecule has 19 heavy (non-hydrogen) atoms. The van der Waals surface area contributed by atoms with E-state index in [1.807, 2.05) is 13.8 Å². The molecule has 1 saturated heterocycles. The number of aryl methyl sites for hydroxylation is 1. The number of nitrogens with zero attached hydrogens (tertiary/aromatic N) is 1. The van der Waals surface area contributed by atoms with E-state index in [4.69, 9.17) is 4.74 Å². The van der Waals surface area contributed by atoms with Crippen molar-refractivity contribution in [2.45, 2.75) is 32.8 Å². The van der Waals surface area contributed by atoms with Gasteiger partial charge < -0.3 is 9.64 Å². The van der Waals surface area contributed by atoms with Crippen LogP contribution in [0.2, 0.25) is 0 Å². The van der Waals surface area contributed by atoms with Crippen LogP contribution in [0.4, 0.5) is 4.39 Å². The Morgan fingerprint density at radius 1 is 1.53 bits per heavy atom. The number of hydrogen-bond donors (Lipinski definition) is 0. The summed E-state index contributed by atoms with van der Waals surface area (Å²) < 4.78 is 19.4. The van der Waals surface area contributed by atoms with Crippen LogP contribution in [0.3, 0.4) is 0 Å². The molecule has 0 spiro atoms. The van der Waals surface area contributed by atoms with Gasteiger partial charge in [-0.15, -0.1) is 0 Å². The summed E-state index contributed by atoms with van der Waals surface area (Å²) in [7, 11) is 0. The number of ether oxygens (including phenoxy) is 1. The molecule has 0 aliphatic carbocycles. The molecule has 0 aromatic heterocycles. The van der Waals surface area contributed by atoms with Crippen molar-refractivity contribution in [1.29, 1.82) is 0 Å². The number of piperidine rings is 1. The van der Waals surface area contributed by atoms with Gasteiger partial charge in [-0.3, -0.25) is 4.79 Å². The largest absolute Gasteiger partial charge is 0.377 e. The topological polar surface area (TPSA) is 29.5 Å². The number of hydrogen-bond acceptors (Lipinski definition) is 2. The zero-order chi connectivity index (χ0) is 13.8. The number of rotatable bonds is 3. The van der Waals surface area contributed by atoms with Gasteiger partial charge in [0.15, 0.2) is 0 Å². The first-order valence-corrected chi connectivity index (χ1v) is 6.79. The molecule has 1 fully saturated rings. The van der Waals surface area contributed by atoms with Crippen molar-refractivity contribution >= 4 is 5.91 Å². The van der Waals surface area contributed by atoms with Gasteiger partial charge in [0.25, 0.3) is 5.91 Å². The van der Waals surface area contributed by atoms with Crippen LogP contribution in [0.1, 0.15) is 35.7 Å². The van der Waals surface area contributed by atoms with Crippen molar-refractivity contribution in [3.05, 3.63) is 35.1 Å². The average molecular weight is 265 g/mol. The summed E-state index contributed by atoms with van der Waals surface area (Å²) in [5, 5.41) is 0. The van der Waals surface area contributed by atoms with Gasteiger partial charge in [-0.2, -0.15) is 0 Å². The van der Waals surface area contributed by atoms with E-state index in [1.165, 1.54) is 6.07 Å². The maximum Gasteiger partial charge on any atom is 0.256 e. The lowest BCUT2D eigenvalue weighted by atomic mass is 10.1. The van der Waals surface area contributed by atoms with Crippen molar-refractivity contribution in [3.8, 4) is 0 Å². The summed E-state index contributed by atoms with van der Waals surface area (Å²) in [6, 6.07) is 4.73. The minimum absolute atomic E-state index is 0.0798. The van der Waals surface area contributed by atoms with E-state index in [1.54, 1.807) is 17.0 Å². The number of carbonyl (C=O) groups excluding carboxylic acids is 1. The monoisotopic (exact) mass is 265 g/mol. The van der Waals surface area contributed by atoms with Crippen LogP contribution in [0.25, 0.3) is 0 Å². The Kier molecular flexibility index (Phi) is 4.53. The minimum Gasteiger partial charge on any atom is -0.377 e. The van der Waals surface area contributed by atoms with Crippen molar-refractivity contribution in [2.75, 3.05) is 19.7 Å². The average Bonchev–Trinajstić information content (AvgIpc) is 2.39. The standard InChI is InChI=1S/C15H20FNO2/c1-3-19-12-5-4-8-17(10-12)15(18)13-7-6-11(2)9-14(13)16/h6-7,9,12H,3-5,8,10H2,1-2H3. The van der Waals surface area contributed by atoms with Crippen molar-refractivity contribution in [3.63, 3.8) is 0 Å². The second-order valence-electron chi connectivity index (χ2n) is 4.95. The number of likely N-dealkylation sites (tertiary alicyclic amines) is 1. The number of benzene rings is 1. The highest BCUT2D eigenvalue weighted by molar-refractivity contribution is 5.94. The lowest BCUT2D eigenvalue weighted by molar-refractivity contribution is 0.00707. The fourth-order valence-electron chi connectivity index (χ4n) is 2.46. The molecule has 4 heteroatoms. The number of carbonyl (C=O) groups is 1. The molecule has 0 bridgehead atoms. The lowest BCUT2D eigenvalue weighted by Gasteiger charge is -2.32. The van der Waals surface area contributed by atoms with Crippen molar-refractivity contribution in [2.24, 2.45) is 0 Å². The smallest absolute Gasteiger partial charge is 0.256 e. The van der Waals surface area contributed by atoms with E-state index >= 15 is 0 Å². The second-order valence-corrected chi connectivity index (χ2v) is 4.95. The van der Waals surface area contributed by atoms with Crippen LogP contribution < -0.4 is 0 Å². The molecule has 0 radical (unpaired) electrons. The SMILES string of the molecule is CCOC1CCCN(C(=O)c2ccc(C)cc2F)C1. The Hall–Kier alpha value is -1.42. The van der Waals surface area contributed by atoms with E-state index in [9.17, 15) is 9.18 Å². The van der Waals surface area contributed by atoms with E-state index in [-0.39, 0.29) is 17.6 Å². The molecule has 1 heterocycles. The molecular formula is C15H20FNO2. The van der Waals surface area contributed by atoms with Gasteiger partial charge in [0, 0.05) is 19.7 Å². The highest BCUT2D eigenvalue weighted by atomic mass is 19.1. The molecule has 1 aliphatic heterocycles. The number of halogens is 1. The molecular weight excluding hydrogens is 245 g/mol. The first-order chi connectivity index (χ1) is 9.11. The van der Waals surface area contributed by atoms with Gasteiger partial charge in [0.2, 0.25) is 0 Å². The van der Waals surface area contributed by atoms with Gasteiger partial charge in [-0.25, -0.2) is 4.39 Å². The van der Waals surface area contributed by atoms with E-state index in [0.29, 0.717) is 19.7 Å². The summed E-state index contributed by atoms with van der Waals surface area (Å²) in [4.78, 5) is 14.0. The Bertz CT molecular complexity index is 459. The fraction of sp³-hybridized carbons (Fsp3) is 0.533. The molecule has 0 N–H and O–H groups in total. The fourth-order valence-corrected chi connectivity index (χ4v) is 2.46. The Balaban J connectivity index is 2.10. The van der Waals surface area contributed by atoms with E-state index < -0.39 is 5.82 Å². The molecule has 1 aliphatic rings.